The normalized spacial score (nSPS) is 15.2. The Bertz CT molecular complexity index is 780. The average molecular weight is 448 g/mol. The Balaban J connectivity index is 1.81. The maximum atomic E-state index is 12.5. The van der Waals surface area contributed by atoms with Gasteiger partial charge in [-0.05, 0) is 17.7 Å². The van der Waals surface area contributed by atoms with Gasteiger partial charge in [0.05, 0.1) is 13.0 Å². The number of alkyl halides is 3. The van der Waals surface area contributed by atoms with E-state index in [1.807, 2.05) is 11.0 Å². The molecule has 0 spiro atoms. The molecular weight excluding hydrogens is 423 g/mol. The number of guanidine groups is 1. The number of nitrogens with one attached hydrogen (secondary N) is 1. The molecule has 11 heteroatoms. The highest BCUT2D eigenvalue weighted by atomic mass is 35.5. The van der Waals surface area contributed by atoms with E-state index >= 15 is 0 Å². The highest BCUT2D eigenvalue weighted by molar-refractivity contribution is 6.30. The third-order valence-corrected chi connectivity index (χ3v) is 4.86. The van der Waals surface area contributed by atoms with Gasteiger partial charge in [-0.2, -0.15) is 13.2 Å². The van der Waals surface area contributed by atoms with E-state index in [-0.39, 0.29) is 18.9 Å². The number of halogens is 4. The topological polar surface area (TPSA) is 68.2 Å². The molecule has 2 rings (SSSR count). The number of hydrogen-bond donors (Lipinski definition) is 1. The van der Waals surface area contributed by atoms with Crippen molar-refractivity contribution in [1.82, 2.24) is 20.0 Å². The minimum absolute atomic E-state index is 0.0104. The van der Waals surface area contributed by atoms with E-state index in [1.165, 1.54) is 7.05 Å². The molecule has 2 amide bonds. The molecule has 0 atom stereocenters. The van der Waals surface area contributed by atoms with Gasteiger partial charge in [0.2, 0.25) is 11.8 Å². The van der Waals surface area contributed by atoms with Crippen LogP contribution in [0.2, 0.25) is 5.02 Å². The van der Waals surface area contributed by atoms with Gasteiger partial charge in [-0.15, -0.1) is 0 Å². The number of nitrogens with zero attached hydrogens (tertiary/aromatic N) is 4. The quantitative estimate of drug-likeness (QED) is 0.550. The number of rotatable bonds is 5. The number of carbonyl (C=O) groups is 2. The Kier molecular flexibility index (Phi) is 8.33. The van der Waals surface area contributed by atoms with Gasteiger partial charge in [0.25, 0.3) is 0 Å². The van der Waals surface area contributed by atoms with E-state index < -0.39 is 18.6 Å². The van der Waals surface area contributed by atoms with Gasteiger partial charge < -0.3 is 20.0 Å². The lowest BCUT2D eigenvalue weighted by Gasteiger charge is -2.36. The maximum Gasteiger partial charge on any atom is 0.406 e. The second kappa shape index (κ2) is 10.5. The lowest BCUT2D eigenvalue weighted by Crippen LogP contribution is -2.55. The predicted molar refractivity (Wildman–Crippen MR) is 108 cm³/mol. The number of amides is 2. The summed E-state index contributed by atoms with van der Waals surface area (Å²) >= 11 is 5.95. The standard InChI is InChI=1S/C19H25ClF3N5O2/c1-24-18(25-12-17(30)26(2)13-19(21,22)23)28-8-6-27(7-9-28)16(29)11-14-4-3-5-15(20)10-14/h3-5,10H,6-9,11-13H2,1-2H3,(H,24,25). The number of aliphatic imine (C=N–C) groups is 1. The van der Waals surface area contributed by atoms with Crippen molar-refractivity contribution in [1.29, 1.82) is 0 Å². The second-order valence-corrected chi connectivity index (χ2v) is 7.38. The molecule has 1 saturated heterocycles. The minimum Gasteiger partial charge on any atom is -0.347 e. The average Bonchev–Trinajstić information content (AvgIpc) is 2.67. The fourth-order valence-corrected chi connectivity index (χ4v) is 3.29. The molecule has 1 aromatic carbocycles. The number of carbonyl (C=O) groups excluding carboxylic acids is 2. The molecule has 1 heterocycles. The summed E-state index contributed by atoms with van der Waals surface area (Å²) in [5, 5.41) is 3.37. The van der Waals surface area contributed by atoms with Crippen molar-refractivity contribution in [3.05, 3.63) is 34.9 Å². The van der Waals surface area contributed by atoms with Crippen molar-refractivity contribution in [2.75, 3.05) is 53.4 Å². The largest absolute Gasteiger partial charge is 0.406 e. The molecule has 1 fully saturated rings. The summed E-state index contributed by atoms with van der Waals surface area (Å²) in [6, 6.07) is 7.15. The molecule has 0 saturated carbocycles. The zero-order valence-electron chi connectivity index (χ0n) is 16.9. The van der Waals surface area contributed by atoms with Crippen LogP contribution in [0.5, 0.6) is 0 Å². The summed E-state index contributed by atoms with van der Waals surface area (Å²) in [4.78, 5) is 32.7. The first-order valence-corrected chi connectivity index (χ1v) is 9.75. The summed E-state index contributed by atoms with van der Waals surface area (Å²) in [7, 11) is 2.63. The fraction of sp³-hybridized carbons (Fsp3) is 0.526. The minimum atomic E-state index is -4.44. The van der Waals surface area contributed by atoms with E-state index in [9.17, 15) is 22.8 Å². The molecule has 7 nitrogen and oxygen atoms in total. The van der Waals surface area contributed by atoms with Crippen molar-refractivity contribution in [3.8, 4) is 0 Å². The van der Waals surface area contributed by atoms with Crippen molar-refractivity contribution in [3.63, 3.8) is 0 Å². The van der Waals surface area contributed by atoms with Crippen LogP contribution >= 0.6 is 11.6 Å². The van der Waals surface area contributed by atoms with Crippen LogP contribution in [0, 0.1) is 0 Å². The predicted octanol–water partition coefficient (Wildman–Crippen LogP) is 1.62. The Morgan fingerprint density at radius 1 is 1.20 bits per heavy atom. The van der Waals surface area contributed by atoms with Crippen LogP contribution in [0.25, 0.3) is 0 Å². The molecule has 0 unspecified atom stereocenters. The van der Waals surface area contributed by atoms with E-state index in [0.717, 1.165) is 12.6 Å². The van der Waals surface area contributed by atoms with Crippen LogP contribution in [0.1, 0.15) is 5.56 Å². The van der Waals surface area contributed by atoms with Crippen molar-refractivity contribution in [2.24, 2.45) is 4.99 Å². The Labute approximate surface area is 178 Å². The fourth-order valence-electron chi connectivity index (χ4n) is 3.08. The van der Waals surface area contributed by atoms with Gasteiger partial charge in [-0.3, -0.25) is 14.6 Å². The molecule has 1 aromatic rings. The third-order valence-electron chi connectivity index (χ3n) is 4.63. The van der Waals surface area contributed by atoms with Crippen LogP contribution in [0.3, 0.4) is 0 Å². The first-order valence-electron chi connectivity index (χ1n) is 9.37. The zero-order chi connectivity index (χ0) is 22.3. The molecule has 166 valence electrons. The summed E-state index contributed by atoms with van der Waals surface area (Å²) in [5.74, 6) is -0.293. The van der Waals surface area contributed by atoms with Crippen LogP contribution < -0.4 is 5.32 Å². The van der Waals surface area contributed by atoms with Gasteiger partial charge in [-0.1, -0.05) is 23.7 Å². The van der Waals surface area contributed by atoms with Crippen LogP contribution in [0.15, 0.2) is 29.3 Å². The van der Waals surface area contributed by atoms with Crippen molar-refractivity contribution >= 4 is 29.4 Å². The smallest absolute Gasteiger partial charge is 0.347 e. The summed E-state index contributed by atoms with van der Waals surface area (Å²) < 4.78 is 37.2. The van der Waals surface area contributed by atoms with Gasteiger partial charge in [0.15, 0.2) is 5.96 Å². The lowest BCUT2D eigenvalue weighted by molar-refractivity contribution is -0.157. The number of likely N-dealkylation sites (N-methyl/N-ethyl adjacent to an activating group) is 1. The van der Waals surface area contributed by atoms with Gasteiger partial charge in [0.1, 0.15) is 6.54 Å². The van der Waals surface area contributed by atoms with Crippen molar-refractivity contribution in [2.45, 2.75) is 12.6 Å². The SMILES string of the molecule is CN=C(NCC(=O)N(C)CC(F)(F)F)N1CCN(C(=O)Cc2cccc(Cl)c2)CC1. The van der Waals surface area contributed by atoms with Gasteiger partial charge in [0, 0.05) is 45.3 Å². The monoisotopic (exact) mass is 447 g/mol. The molecule has 1 N–H and O–H groups in total. The van der Waals surface area contributed by atoms with Crippen LogP contribution in [-0.2, 0) is 16.0 Å². The molecule has 0 radical (unpaired) electrons. The van der Waals surface area contributed by atoms with E-state index in [4.69, 9.17) is 11.6 Å². The summed E-state index contributed by atoms with van der Waals surface area (Å²) in [6.07, 6.45) is -4.19. The molecular formula is C19H25ClF3N5O2. The zero-order valence-corrected chi connectivity index (χ0v) is 17.6. The molecule has 0 bridgehead atoms. The van der Waals surface area contributed by atoms with Crippen molar-refractivity contribution < 1.29 is 22.8 Å². The Morgan fingerprint density at radius 2 is 1.83 bits per heavy atom. The first kappa shape index (κ1) is 23.8. The number of hydrogen-bond acceptors (Lipinski definition) is 3. The summed E-state index contributed by atoms with van der Waals surface area (Å²) in [6.45, 7) is 0.331. The van der Waals surface area contributed by atoms with E-state index in [1.54, 1.807) is 23.1 Å². The maximum absolute atomic E-state index is 12.5. The van der Waals surface area contributed by atoms with Crippen LogP contribution in [0.4, 0.5) is 13.2 Å². The highest BCUT2D eigenvalue weighted by Gasteiger charge is 2.31. The highest BCUT2D eigenvalue weighted by Crippen LogP contribution is 2.15. The molecule has 1 aliphatic rings. The molecule has 0 aromatic heterocycles. The lowest BCUT2D eigenvalue weighted by atomic mass is 10.1. The third kappa shape index (κ3) is 7.40. The number of benzene rings is 1. The Morgan fingerprint density at radius 3 is 2.40 bits per heavy atom. The Hall–Kier alpha value is -2.49. The van der Waals surface area contributed by atoms with Crippen LogP contribution in [-0.4, -0.2) is 92.0 Å². The first-order chi connectivity index (χ1) is 14.1. The van der Waals surface area contributed by atoms with E-state index in [0.29, 0.717) is 42.1 Å². The van der Waals surface area contributed by atoms with E-state index in [2.05, 4.69) is 10.3 Å². The van der Waals surface area contributed by atoms with Gasteiger partial charge in [-0.25, -0.2) is 0 Å². The number of piperazine rings is 1. The molecule has 30 heavy (non-hydrogen) atoms. The second-order valence-electron chi connectivity index (χ2n) is 6.94. The van der Waals surface area contributed by atoms with Gasteiger partial charge >= 0.3 is 6.18 Å². The molecule has 1 aliphatic heterocycles. The summed E-state index contributed by atoms with van der Waals surface area (Å²) in [5.41, 5.74) is 0.842. The molecule has 0 aliphatic carbocycles.